The first-order chi connectivity index (χ1) is 8.37. The fourth-order valence-electron chi connectivity index (χ4n) is 1.23. The number of ether oxygens (including phenoxy) is 2. The number of anilines is 1. The highest BCUT2D eigenvalue weighted by Gasteiger charge is 2.38. The number of hydrogen-bond acceptors (Lipinski definition) is 7. The normalized spacial score (nSPS) is 18.1. The molecule has 1 aliphatic heterocycles. The topological polar surface area (TPSA) is 77.5 Å². The summed E-state index contributed by atoms with van der Waals surface area (Å²) in [6, 6.07) is 0. The highest BCUT2D eigenvalue weighted by Crippen LogP contribution is 2.25. The van der Waals surface area contributed by atoms with E-state index in [-0.39, 0.29) is 5.57 Å². The Hall–Kier alpha value is -1.41. The van der Waals surface area contributed by atoms with Gasteiger partial charge >= 0.3 is 11.9 Å². The Kier molecular flexibility index (Phi) is 3.40. The standard InChI is InChI=1S/C10H9BrN2O4S/c1-10(2)16-7(14)5(8(15)17-10)3-12-9-13-4-6(11)18-9/h3-4H,1-2H3,(H,12,13). The maximum Gasteiger partial charge on any atom is 0.350 e. The van der Waals surface area contributed by atoms with Crippen LogP contribution in [0.1, 0.15) is 13.8 Å². The zero-order valence-electron chi connectivity index (χ0n) is 9.52. The first-order valence-corrected chi connectivity index (χ1v) is 6.53. The first kappa shape index (κ1) is 13.0. The van der Waals surface area contributed by atoms with Crippen molar-refractivity contribution < 1.29 is 19.1 Å². The molecule has 2 rings (SSSR count). The summed E-state index contributed by atoms with van der Waals surface area (Å²) in [7, 11) is 0. The van der Waals surface area contributed by atoms with E-state index in [4.69, 9.17) is 9.47 Å². The molecule has 0 aromatic carbocycles. The molecule has 1 aliphatic rings. The molecule has 0 radical (unpaired) electrons. The molecule has 1 aromatic rings. The highest BCUT2D eigenvalue weighted by atomic mass is 79.9. The molecule has 1 aromatic heterocycles. The molecule has 96 valence electrons. The van der Waals surface area contributed by atoms with Gasteiger partial charge in [0.15, 0.2) is 10.7 Å². The highest BCUT2D eigenvalue weighted by molar-refractivity contribution is 9.11. The predicted molar refractivity (Wildman–Crippen MR) is 67.8 cm³/mol. The number of halogens is 1. The lowest BCUT2D eigenvalue weighted by atomic mass is 10.2. The van der Waals surface area contributed by atoms with Crippen molar-refractivity contribution in [2.45, 2.75) is 19.6 Å². The summed E-state index contributed by atoms with van der Waals surface area (Å²) < 4.78 is 10.7. The van der Waals surface area contributed by atoms with Gasteiger partial charge in [0.1, 0.15) is 0 Å². The lowest BCUT2D eigenvalue weighted by Gasteiger charge is -2.29. The SMILES string of the molecule is CC1(C)OC(=O)C(=CNc2ncc(Br)s2)C(=O)O1. The minimum atomic E-state index is -1.23. The zero-order valence-corrected chi connectivity index (χ0v) is 11.9. The van der Waals surface area contributed by atoms with Crippen LogP contribution >= 0.6 is 27.3 Å². The van der Waals surface area contributed by atoms with E-state index >= 15 is 0 Å². The average Bonchev–Trinajstić information content (AvgIpc) is 2.61. The maximum atomic E-state index is 11.6. The molecule has 1 N–H and O–H groups in total. The average molecular weight is 333 g/mol. The van der Waals surface area contributed by atoms with Gasteiger partial charge in [0, 0.05) is 20.0 Å². The van der Waals surface area contributed by atoms with Crippen molar-refractivity contribution in [3.63, 3.8) is 0 Å². The number of esters is 2. The lowest BCUT2D eigenvalue weighted by molar-refractivity contribution is -0.222. The lowest BCUT2D eigenvalue weighted by Crippen LogP contribution is -2.42. The summed E-state index contributed by atoms with van der Waals surface area (Å²) in [6.45, 7) is 2.98. The molecule has 0 aliphatic carbocycles. The molecule has 1 fully saturated rings. The maximum absolute atomic E-state index is 11.6. The van der Waals surface area contributed by atoms with E-state index in [0.29, 0.717) is 5.13 Å². The zero-order chi connectivity index (χ0) is 13.3. The fourth-order valence-corrected chi connectivity index (χ4v) is 2.31. The van der Waals surface area contributed by atoms with Gasteiger partial charge in [-0.3, -0.25) is 0 Å². The van der Waals surface area contributed by atoms with Gasteiger partial charge in [0.2, 0.25) is 0 Å². The monoisotopic (exact) mass is 332 g/mol. The Bertz CT molecular complexity index is 516. The van der Waals surface area contributed by atoms with Crippen molar-refractivity contribution >= 4 is 44.3 Å². The van der Waals surface area contributed by atoms with Crippen LogP contribution in [0.2, 0.25) is 0 Å². The van der Waals surface area contributed by atoms with Crippen molar-refractivity contribution in [1.29, 1.82) is 0 Å². The van der Waals surface area contributed by atoms with E-state index < -0.39 is 17.7 Å². The van der Waals surface area contributed by atoms with Gasteiger partial charge in [-0.2, -0.15) is 0 Å². The van der Waals surface area contributed by atoms with Gasteiger partial charge < -0.3 is 14.8 Å². The number of thiazole rings is 1. The molecule has 0 amide bonds. The Morgan fingerprint density at radius 2 is 2.00 bits per heavy atom. The number of nitrogens with zero attached hydrogens (tertiary/aromatic N) is 1. The van der Waals surface area contributed by atoms with E-state index in [1.54, 1.807) is 6.20 Å². The van der Waals surface area contributed by atoms with Crippen LogP contribution in [0.15, 0.2) is 21.8 Å². The van der Waals surface area contributed by atoms with Gasteiger partial charge in [-0.15, -0.1) is 0 Å². The number of carbonyl (C=O) groups excluding carboxylic acids is 2. The van der Waals surface area contributed by atoms with Gasteiger partial charge in [0.25, 0.3) is 5.79 Å². The molecule has 0 spiro atoms. The van der Waals surface area contributed by atoms with Crippen LogP contribution in [0.4, 0.5) is 5.13 Å². The molecule has 0 unspecified atom stereocenters. The van der Waals surface area contributed by atoms with E-state index in [1.807, 2.05) is 0 Å². The molecule has 18 heavy (non-hydrogen) atoms. The van der Waals surface area contributed by atoms with Crippen molar-refractivity contribution in [3.8, 4) is 0 Å². The largest absolute Gasteiger partial charge is 0.419 e. The van der Waals surface area contributed by atoms with Crippen LogP contribution in [0, 0.1) is 0 Å². The van der Waals surface area contributed by atoms with E-state index in [0.717, 1.165) is 3.79 Å². The van der Waals surface area contributed by atoms with Crippen LogP contribution in [0.25, 0.3) is 0 Å². The third-order valence-electron chi connectivity index (χ3n) is 1.93. The third-order valence-corrected chi connectivity index (χ3v) is 3.34. The summed E-state index contributed by atoms with van der Waals surface area (Å²) >= 11 is 4.57. The summed E-state index contributed by atoms with van der Waals surface area (Å²) in [5.74, 6) is -2.67. The Labute approximate surface area is 115 Å². The molecule has 2 heterocycles. The van der Waals surface area contributed by atoms with Gasteiger partial charge in [0.05, 0.1) is 9.98 Å². The van der Waals surface area contributed by atoms with Gasteiger partial charge in [-0.1, -0.05) is 11.3 Å². The van der Waals surface area contributed by atoms with Crippen LogP contribution in [0.3, 0.4) is 0 Å². The van der Waals surface area contributed by atoms with E-state index in [1.165, 1.54) is 31.4 Å². The Morgan fingerprint density at radius 3 is 2.50 bits per heavy atom. The second-order valence-corrected chi connectivity index (χ2v) is 6.26. The molecule has 6 nitrogen and oxygen atoms in total. The quantitative estimate of drug-likeness (QED) is 0.507. The molecule has 8 heteroatoms. The predicted octanol–water partition coefficient (Wildman–Crippen LogP) is 2.04. The Morgan fingerprint density at radius 1 is 1.39 bits per heavy atom. The minimum Gasteiger partial charge on any atom is -0.419 e. The van der Waals surface area contributed by atoms with Gasteiger partial charge in [-0.05, 0) is 15.9 Å². The smallest absolute Gasteiger partial charge is 0.350 e. The molecule has 0 bridgehead atoms. The van der Waals surface area contributed by atoms with Crippen molar-refractivity contribution in [2.75, 3.05) is 5.32 Å². The number of carbonyl (C=O) groups is 2. The number of rotatable bonds is 2. The molecular weight excluding hydrogens is 324 g/mol. The van der Waals surface area contributed by atoms with E-state index in [9.17, 15) is 9.59 Å². The van der Waals surface area contributed by atoms with Crippen molar-refractivity contribution in [2.24, 2.45) is 0 Å². The molecule has 0 atom stereocenters. The number of hydrogen-bond donors (Lipinski definition) is 1. The van der Waals surface area contributed by atoms with Crippen molar-refractivity contribution in [1.82, 2.24) is 4.98 Å². The minimum absolute atomic E-state index is 0.194. The number of nitrogens with one attached hydrogen (secondary N) is 1. The molecule has 0 saturated carbocycles. The summed E-state index contributed by atoms with van der Waals surface area (Å²) in [4.78, 5) is 27.2. The van der Waals surface area contributed by atoms with Crippen LogP contribution in [0.5, 0.6) is 0 Å². The van der Waals surface area contributed by atoms with Gasteiger partial charge in [-0.25, -0.2) is 14.6 Å². The summed E-state index contributed by atoms with van der Waals surface area (Å²) in [5.41, 5.74) is -0.194. The second kappa shape index (κ2) is 4.69. The fraction of sp³-hybridized carbons (Fsp3) is 0.300. The molecule has 1 saturated heterocycles. The van der Waals surface area contributed by atoms with Crippen LogP contribution in [-0.2, 0) is 19.1 Å². The van der Waals surface area contributed by atoms with Crippen molar-refractivity contribution in [3.05, 3.63) is 21.8 Å². The van der Waals surface area contributed by atoms with Crippen LogP contribution < -0.4 is 5.32 Å². The summed E-state index contributed by atoms with van der Waals surface area (Å²) in [6.07, 6.45) is 2.83. The second-order valence-electron chi connectivity index (χ2n) is 3.85. The molecular formula is C10H9BrN2O4S. The number of aromatic nitrogens is 1. The van der Waals surface area contributed by atoms with E-state index in [2.05, 4.69) is 26.2 Å². The Balaban J connectivity index is 2.13. The first-order valence-electron chi connectivity index (χ1n) is 4.92. The number of cyclic esters (lactones) is 2. The summed E-state index contributed by atoms with van der Waals surface area (Å²) in [5, 5.41) is 3.28. The third kappa shape index (κ3) is 2.88. The van der Waals surface area contributed by atoms with Crippen LogP contribution in [-0.4, -0.2) is 22.7 Å².